The number of pyridine rings is 2. The number of nitrogen functional groups attached to an aromatic ring is 1. The molecular formula is C11H8ClN3O2S. The molecule has 2 aromatic heterocycles. The summed E-state index contributed by atoms with van der Waals surface area (Å²) in [5.74, 6) is -1.08. The van der Waals surface area contributed by atoms with E-state index in [4.69, 9.17) is 22.4 Å². The summed E-state index contributed by atoms with van der Waals surface area (Å²) in [5.41, 5.74) is 5.90. The topological polar surface area (TPSA) is 89.1 Å². The second-order valence-corrected chi connectivity index (χ2v) is 4.74. The molecule has 0 saturated carbocycles. The normalized spacial score (nSPS) is 10.3. The van der Waals surface area contributed by atoms with E-state index in [1.165, 1.54) is 30.2 Å². The van der Waals surface area contributed by atoms with Gasteiger partial charge in [-0.25, -0.2) is 14.8 Å². The molecule has 0 atom stereocenters. The van der Waals surface area contributed by atoms with Gasteiger partial charge in [-0.15, -0.1) is 0 Å². The molecule has 0 bridgehead atoms. The minimum atomic E-state index is -1.08. The third-order valence-corrected chi connectivity index (χ3v) is 3.28. The first-order chi connectivity index (χ1) is 8.58. The van der Waals surface area contributed by atoms with Crippen molar-refractivity contribution in [3.05, 3.63) is 41.2 Å². The molecule has 0 aliphatic heterocycles. The van der Waals surface area contributed by atoms with E-state index in [2.05, 4.69) is 9.97 Å². The van der Waals surface area contributed by atoms with Crippen molar-refractivity contribution in [2.75, 3.05) is 5.73 Å². The maximum atomic E-state index is 10.9. The highest BCUT2D eigenvalue weighted by atomic mass is 35.5. The number of hydrogen-bond donors (Lipinski definition) is 2. The lowest BCUT2D eigenvalue weighted by molar-refractivity contribution is 0.0697. The first kappa shape index (κ1) is 12.7. The summed E-state index contributed by atoms with van der Waals surface area (Å²) in [6.07, 6.45) is 2.90. The quantitative estimate of drug-likeness (QED) is 0.899. The van der Waals surface area contributed by atoms with E-state index in [9.17, 15) is 4.79 Å². The van der Waals surface area contributed by atoms with Gasteiger partial charge >= 0.3 is 5.97 Å². The van der Waals surface area contributed by atoms with Crippen LogP contribution in [0.3, 0.4) is 0 Å². The lowest BCUT2D eigenvalue weighted by Crippen LogP contribution is -2.04. The van der Waals surface area contributed by atoms with Crippen molar-refractivity contribution in [3.63, 3.8) is 0 Å². The van der Waals surface area contributed by atoms with Crippen LogP contribution in [-0.4, -0.2) is 21.0 Å². The smallest absolute Gasteiger partial charge is 0.337 e. The first-order valence-corrected chi connectivity index (χ1v) is 6.04. The van der Waals surface area contributed by atoms with Crippen LogP contribution in [0, 0.1) is 0 Å². The summed E-state index contributed by atoms with van der Waals surface area (Å²) in [5, 5.41) is 10.5. The van der Waals surface area contributed by atoms with Crippen LogP contribution in [0.4, 0.5) is 5.69 Å². The monoisotopic (exact) mass is 281 g/mol. The van der Waals surface area contributed by atoms with Gasteiger partial charge in [0.25, 0.3) is 0 Å². The number of halogens is 1. The molecule has 3 N–H and O–H groups in total. The van der Waals surface area contributed by atoms with Crippen LogP contribution in [0.15, 0.2) is 40.6 Å². The first-order valence-electron chi connectivity index (χ1n) is 4.85. The summed E-state index contributed by atoms with van der Waals surface area (Å²) < 4.78 is 0. The second kappa shape index (κ2) is 5.24. The van der Waals surface area contributed by atoms with Gasteiger partial charge in [-0.1, -0.05) is 11.6 Å². The lowest BCUT2D eigenvalue weighted by Gasteiger charge is -2.06. The van der Waals surface area contributed by atoms with Crippen molar-refractivity contribution in [2.45, 2.75) is 10.1 Å². The van der Waals surface area contributed by atoms with E-state index in [0.717, 1.165) is 0 Å². The third kappa shape index (κ3) is 2.72. The van der Waals surface area contributed by atoms with Gasteiger partial charge in [0.1, 0.15) is 10.1 Å². The summed E-state index contributed by atoms with van der Waals surface area (Å²) in [6.45, 7) is 0. The molecule has 0 spiro atoms. The highest BCUT2D eigenvalue weighted by molar-refractivity contribution is 7.99. The third-order valence-electron chi connectivity index (χ3n) is 2.09. The van der Waals surface area contributed by atoms with Gasteiger partial charge in [0, 0.05) is 12.4 Å². The summed E-state index contributed by atoms with van der Waals surface area (Å²) in [7, 11) is 0. The molecule has 0 fully saturated rings. The zero-order chi connectivity index (χ0) is 13.1. The van der Waals surface area contributed by atoms with Crippen LogP contribution in [-0.2, 0) is 0 Å². The van der Waals surface area contributed by atoms with Crippen LogP contribution in [0.1, 0.15) is 10.4 Å². The highest BCUT2D eigenvalue weighted by Crippen LogP contribution is 2.30. The number of rotatable bonds is 3. The molecule has 2 rings (SSSR count). The van der Waals surface area contributed by atoms with E-state index in [1.54, 1.807) is 12.1 Å². The van der Waals surface area contributed by atoms with Crippen molar-refractivity contribution in [1.29, 1.82) is 0 Å². The average molecular weight is 282 g/mol. The van der Waals surface area contributed by atoms with Crippen molar-refractivity contribution in [1.82, 2.24) is 9.97 Å². The van der Waals surface area contributed by atoms with Crippen LogP contribution < -0.4 is 5.73 Å². The van der Waals surface area contributed by atoms with E-state index in [1.807, 2.05) is 0 Å². The zero-order valence-corrected chi connectivity index (χ0v) is 10.6. The molecule has 0 aliphatic rings. The van der Waals surface area contributed by atoms with Crippen LogP contribution >= 0.6 is 23.4 Å². The highest BCUT2D eigenvalue weighted by Gasteiger charge is 2.13. The Morgan fingerprint density at radius 3 is 2.72 bits per heavy atom. The van der Waals surface area contributed by atoms with Gasteiger partial charge in [-0.2, -0.15) is 0 Å². The molecule has 5 nitrogen and oxygen atoms in total. The number of nitrogens with zero attached hydrogens (tertiary/aromatic N) is 2. The number of carbonyl (C=O) groups is 1. The largest absolute Gasteiger partial charge is 0.478 e. The van der Waals surface area contributed by atoms with E-state index < -0.39 is 5.97 Å². The van der Waals surface area contributed by atoms with Gasteiger partial charge in [0.05, 0.1) is 16.3 Å². The number of carboxylic acid groups (broad SMARTS) is 1. The Morgan fingerprint density at radius 2 is 2.11 bits per heavy atom. The fourth-order valence-corrected chi connectivity index (χ4v) is 2.13. The number of anilines is 1. The predicted octanol–water partition coefficient (Wildman–Crippen LogP) is 2.56. The van der Waals surface area contributed by atoms with Crippen LogP contribution in [0.25, 0.3) is 0 Å². The number of carboxylic acids is 1. The number of aromatic nitrogens is 2. The molecular weight excluding hydrogens is 274 g/mol. The Hall–Kier alpha value is -1.79. The van der Waals surface area contributed by atoms with Gasteiger partial charge in [0.2, 0.25) is 0 Å². The number of nitrogens with two attached hydrogens (primary N) is 1. The van der Waals surface area contributed by atoms with Crippen molar-refractivity contribution in [2.24, 2.45) is 0 Å². The van der Waals surface area contributed by atoms with Gasteiger partial charge in [-0.3, -0.25) is 0 Å². The maximum absolute atomic E-state index is 10.9. The predicted molar refractivity (Wildman–Crippen MR) is 69.0 cm³/mol. The van der Waals surface area contributed by atoms with Crippen LogP contribution in [0.2, 0.25) is 5.02 Å². The summed E-state index contributed by atoms with van der Waals surface area (Å²) >= 11 is 6.91. The van der Waals surface area contributed by atoms with E-state index >= 15 is 0 Å². The summed E-state index contributed by atoms with van der Waals surface area (Å²) in [6, 6.07) is 4.76. The Kier molecular flexibility index (Phi) is 3.69. The Labute approximate surface area is 112 Å². The van der Waals surface area contributed by atoms with E-state index in [-0.39, 0.29) is 11.3 Å². The number of aromatic carboxylic acids is 1. The maximum Gasteiger partial charge on any atom is 0.337 e. The molecule has 0 amide bonds. The van der Waals surface area contributed by atoms with Crippen molar-refractivity contribution < 1.29 is 9.90 Å². The molecule has 7 heteroatoms. The Morgan fingerprint density at radius 1 is 1.33 bits per heavy atom. The minimum absolute atomic E-state index is 0.0291. The molecule has 0 aromatic carbocycles. The standard InChI is InChI=1S/C11H8ClN3O2S/c12-6-1-2-8(15-5-6)18-10-9(13)7(11(16)17)3-4-14-10/h1-5H,13H2,(H,16,17). The Balaban J connectivity index is 2.32. The molecule has 0 radical (unpaired) electrons. The SMILES string of the molecule is Nc1c(C(=O)O)ccnc1Sc1ccc(Cl)cn1. The average Bonchev–Trinajstić information content (AvgIpc) is 2.34. The molecule has 2 aromatic rings. The van der Waals surface area contributed by atoms with Crippen LogP contribution in [0.5, 0.6) is 0 Å². The zero-order valence-electron chi connectivity index (χ0n) is 9.00. The Bertz CT molecular complexity index is 589. The van der Waals surface area contributed by atoms with E-state index in [0.29, 0.717) is 15.1 Å². The molecule has 92 valence electrons. The summed E-state index contributed by atoms with van der Waals surface area (Å²) in [4.78, 5) is 19.0. The second-order valence-electron chi connectivity index (χ2n) is 3.30. The number of hydrogen-bond acceptors (Lipinski definition) is 5. The molecule has 0 aliphatic carbocycles. The fourth-order valence-electron chi connectivity index (χ4n) is 1.24. The van der Waals surface area contributed by atoms with Gasteiger partial charge < -0.3 is 10.8 Å². The molecule has 2 heterocycles. The van der Waals surface area contributed by atoms with Gasteiger partial charge in [-0.05, 0) is 30.0 Å². The molecule has 0 saturated heterocycles. The van der Waals surface area contributed by atoms with Crippen molar-refractivity contribution >= 4 is 35.0 Å². The fraction of sp³-hybridized carbons (Fsp3) is 0. The van der Waals surface area contributed by atoms with Crippen molar-refractivity contribution in [3.8, 4) is 0 Å². The molecule has 18 heavy (non-hydrogen) atoms. The lowest BCUT2D eigenvalue weighted by atomic mass is 10.2. The minimum Gasteiger partial charge on any atom is -0.478 e. The van der Waals surface area contributed by atoms with Gasteiger partial charge in [0.15, 0.2) is 0 Å². The molecule has 0 unspecified atom stereocenters.